The maximum Gasteiger partial charge on any atom is 0.315 e. The van der Waals surface area contributed by atoms with E-state index in [0.717, 1.165) is 11.3 Å². The lowest BCUT2D eigenvalue weighted by molar-refractivity contribution is 0.228. The summed E-state index contributed by atoms with van der Waals surface area (Å²) in [5.41, 5.74) is 1.09. The Hall–Kier alpha value is -2.54. The van der Waals surface area contributed by atoms with Crippen molar-refractivity contribution >= 4 is 6.03 Å². The molecule has 2 aromatic rings. The van der Waals surface area contributed by atoms with Gasteiger partial charge in [0.2, 0.25) is 0 Å². The van der Waals surface area contributed by atoms with E-state index in [1.807, 2.05) is 57.5 Å². The number of rotatable bonds is 8. The molecule has 2 N–H and O–H groups in total. The molecule has 2 rings (SSSR count). The van der Waals surface area contributed by atoms with Gasteiger partial charge in [0.25, 0.3) is 0 Å². The van der Waals surface area contributed by atoms with Gasteiger partial charge in [-0.2, -0.15) is 5.10 Å². The smallest absolute Gasteiger partial charge is 0.315 e. The second-order valence-electron chi connectivity index (χ2n) is 6.24. The molecule has 0 fully saturated rings. The number of benzene rings is 1. The molecular weight excluding hydrogens is 318 g/mol. The van der Waals surface area contributed by atoms with Crippen molar-refractivity contribution in [1.82, 2.24) is 25.3 Å². The summed E-state index contributed by atoms with van der Waals surface area (Å²) in [5.74, 6) is 0.807. The SMILES string of the molecule is COc1cccc([C@@H](CNC(=O)N[C@@H](C)Cn2cccn2)N(C)C)c1. The van der Waals surface area contributed by atoms with Crippen molar-refractivity contribution in [3.8, 4) is 5.75 Å². The maximum atomic E-state index is 12.2. The minimum atomic E-state index is -0.186. The van der Waals surface area contributed by atoms with Crippen LogP contribution < -0.4 is 15.4 Å². The molecule has 2 amide bonds. The summed E-state index contributed by atoms with van der Waals surface area (Å²) in [7, 11) is 5.63. The summed E-state index contributed by atoms with van der Waals surface area (Å²) in [6.45, 7) is 3.08. The van der Waals surface area contributed by atoms with Gasteiger partial charge in [0, 0.05) is 25.0 Å². The summed E-state index contributed by atoms with van der Waals surface area (Å²) in [5, 5.41) is 10.0. The first kappa shape index (κ1) is 18.8. The van der Waals surface area contributed by atoms with Crippen LogP contribution in [-0.4, -0.2) is 54.5 Å². The van der Waals surface area contributed by atoms with Crippen LogP contribution in [0.5, 0.6) is 5.75 Å². The van der Waals surface area contributed by atoms with Crippen molar-refractivity contribution in [3.05, 3.63) is 48.3 Å². The molecule has 2 atom stereocenters. The fraction of sp³-hybridized carbons (Fsp3) is 0.444. The Labute approximate surface area is 149 Å². The molecule has 1 aromatic heterocycles. The topological polar surface area (TPSA) is 71.4 Å². The number of nitrogens with one attached hydrogen (secondary N) is 2. The molecule has 0 radical (unpaired) electrons. The van der Waals surface area contributed by atoms with Crippen LogP contribution >= 0.6 is 0 Å². The van der Waals surface area contributed by atoms with Gasteiger partial charge in [-0.3, -0.25) is 4.68 Å². The minimum Gasteiger partial charge on any atom is -0.497 e. The number of methoxy groups -OCH3 is 1. The van der Waals surface area contributed by atoms with Crippen molar-refractivity contribution in [3.63, 3.8) is 0 Å². The molecule has 0 spiro atoms. The van der Waals surface area contributed by atoms with Crippen LogP contribution in [0.4, 0.5) is 4.79 Å². The summed E-state index contributed by atoms with van der Waals surface area (Å²) in [6, 6.07) is 9.61. The summed E-state index contributed by atoms with van der Waals surface area (Å²) >= 11 is 0. The standard InChI is InChI=1S/C18H27N5O2/c1-14(13-23-10-6-9-20-23)21-18(24)19-12-17(22(2)3)15-7-5-8-16(11-15)25-4/h5-11,14,17H,12-13H2,1-4H3,(H2,19,21,24)/t14-,17+/m0/s1. The maximum absolute atomic E-state index is 12.2. The number of urea groups is 1. The lowest BCUT2D eigenvalue weighted by Crippen LogP contribution is -2.45. The molecule has 136 valence electrons. The molecule has 1 heterocycles. The number of ether oxygens (including phenoxy) is 1. The highest BCUT2D eigenvalue weighted by atomic mass is 16.5. The van der Waals surface area contributed by atoms with Crippen molar-refractivity contribution < 1.29 is 9.53 Å². The molecule has 7 heteroatoms. The van der Waals surface area contributed by atoms with Crippen molar-refractivity contribution in [1.29, 1.82) is 0 Å². The molecule has 0 saturated heterocycles. The third-order valence-corrected chi connectivity index (χ3v) is 3.96. The number of amides is 2. The van der Waals surface area contributed by atoms with Gasteiger partial charge >= 0.3 is 6.03 Å². The first-order valence-electron chi connectivity index (χ1n) is 8.31. The van der Waals surface area contributed by atoms with E-state index in [4.69, 9.17) is 4.74 Å². The highest BCUT2D eigenvalue weighted by molar-refractivity contribution is 5.74. The minimum absolute atomic E-state index is 0.0190. The average Bonchev–Trinajstić information content (AvgIpc) is 3.07. The van der Waals surface area contributed by atoms with E-state index in [9.17, 15) is 4.79 Å². The number of nitrogens with zero attached hydrogens (tertiary/aromatic N) is 3. The van der Waals surface area contributed by atoms with Crippen LogP contribution in [-0.2, 0) is 6.54 Å². The van der Waals surface area contributed by atoms with Crippen molar-refractivity contribution in [2.45, 2.75) is 25.6 Å². The number of aromatic nitrogens is 2. The second kappa shape index (κ2) is 9.08. The van der Waals surface area contributed by atoms with Gasteiger partial charge < -0.3 is 20.3 Å². The Kier molecular flexibility index (Phi) is 6.82. The third kappa shape index (κ3) is 5.79. The molecule has 0 aliphatic heterocycles. The monoisotopic (exact) mass is 345 g/mol. The Morgan fingerprint density at radius 1 is 1.36 bits per heavy atom. The van der Waals surface area contributed by atoms with Gasteiger partial charge in [-0.05, 0) is 44.8 Å². The Morgan fingerprint density at radius 2 is 2.16 bits per heavy atom. The quantitative estimate of drug-likeness (QED) is 0.766. The van der Waals surface area contributed by atoms with E-state index < -0.39 is 0 Å². The van der Waals surface area contributed by atoms with E-state index in [1.54, 1.807) is 18.0 Å². The van der Waals surface area contributed by atoms with Gasteiger partial charge in [0.15, 0.2) is 0 Å². The van der Waals surface area contributed by atoms with Gasteiger partial charge in [-0.1, -0.05) is 12.1 Å². The van der Waals surface area contributed by atoms with Crippen LogP contribution in [0.3, 0.4) is 0 Å². The van der Waals surface area contributed by atoms with Crippen molar-refractivity contribution in [2.24, 2.45) is 0 Å². The Morgan fingerprint density at radius 3 is 2.80 bits per heavy atom. The zero-order valence-corrected chi connectivity index (χ0v) is 15.3. The van der Waals surface area contributed by atoms with Crippen LogP contribution in [0, 0.1) is 0 Å². The molecular formula is C18H27N5O2. The van der Waals surface area contributed by atoms with Crippen LogP contribution in [0.2, 0.25) is 0 Å². The van der Waals surface area contributed by atoms with Gasteiger partial charge in [-0.15, -0.1) is 0 Å². The number of hydrogen-bond acceptors (Lipinski definition) is 4. The van der Waals surface area contributed by atoms with Crippen molar-refractivity contribution in [2.75, 3.05) is 27.7 Å². The van der Waals surface area contributed by atoms with Crippen LogP contribution in [0.15, 0.2) is 42.7 Å². The molecule has 25 heavy (non-hydrogen) atoms. The molecule has 0 saturated carbocycles. The lowest BCUT2D eigenvalue weighted by Gasteiger charge is -2.26. The number of hydrogen-bond donors (Lipinski definition) is 2. The molecule has 0 aliphatic carbocycles. The molecule has 0 bridgehead atoms. The van der Waals surface area contributed by atoms with Gasteiger partial charge in [0.05, 0.1) is 19.7 Å². The average molecular weight is 345 g/mol. The molecule has 1 aromatic carbocycles. The fourth-order valence-corrected chi connectivity index (χ4v) is 2.65. The van der Waals surface area contributed by atoms with E-state index in [-0.39, 0.29) is 18.1 Å². The van der Waals surface area contributed by atoms with E-state index in [0.29, 0.717) is 13.1 Å². The third-order valence-electron chi connectivity index (χ3n) is 3.96. The first-order valence-corrected chi connectivity index (χ1v) is 8.31. The largest absolute Gasteiger partial charge is 0.497 e. The molecule has 7 nitrogen and oxygen atoms in total. The summed E-state index contributed by atoms with van der Waals surface area (Å²) in [4.78, 5) is 14.2. The van der Waals surface area contributed by atoms with Crippen LogP contribution in [0.1, 0.15) is 18.5 Å². The van der Waals surface area contributed by atoms with Gasteiger partial charge in [-0.25, -0.2) is 4.79 Å². The number of carbonyl (C=O) groups is 1. The predicted molar refractivity (Wildman–Crippen MR) is 97.6 cm³/mol. The lowest BCUT2D eigenvalue weighted by atomic mass is 10.1. The van der Waals surface area contributed by atoms with Gasteiger partial charge in [0.1, 0.15) is 5.75 Å². The summed E-state index contributed by atoms with van der Waals surface area (Å²) in [6.07, 6.45) is 3.60. The summed E-state index contributed by atoms with van der Waals surface area (Å²) < 4.78 is 7.08. The fourth-order valence-electron chi connectivity index (χ4n) is 2.65. The Bertz CT molecular complexity index is 657. The second-order valence-corrected chi connectivity index (χ2v) is 6.24. The Balaban J connectivity index is 1.88. The number of likely N-dealkylation sites (N-methyl/N-ethyl adjacent to an activating group) is 1. The van der Waals surface area contributed by atoms with E-state index in [2.05, 4.69) is 20.6 Å². The number of carbonyl (C=O) groups excluding carboxylic acids is 1. The zero-order chi connectivity index (χ0) is 18.2. The normalized spacial score (nSPS) is 13.3. The van der Waals surface area contributed by atoms with Crippen LogP contribution in [0.25, 0.3) is 0 Å². The van der Waals surface area contributed by atoms with E-state index >= 15 is 0 Å². The predicted octanol–water partition coefficient (Wildman–Crippen LogP) is 1.88. The highest BCUT2D eigenvalue weighted by Gasteiger charge is 2.16. The zero-order valence-electron chi connectivity index (χ0n) is 15.3. The highest BCUT2D eigenvalue weighted by Crippen LogP contribution is 2.21. The van der Waals surface area contributed by atoms with E-state index in [1.165, 1.54) is 0 Å². The molecule has 0 unspecified atom stereocenters. The molecule has 0 aliphatic rings. The first-order chi connectivity index (χ1) is 12.0.